The Kier molecular flexibility index (Phi) is 5.87. The molecule has 28 heavy (non-hydrogen) atoms. The molecule has 4 rings (SSSR count). The molecule has 0 saturated carbocycles. The van der Waals surface area contributed by atoms with Crippen LogP contribution >= 0.6 is 11.8 Å². The smallest absolute Gasteiger partial charge is 0.163 e. The summed E-state index contributed by atoms with van der Waals surface area (Å²) < 4.78 is 0. The van der Waals surface area contributed by atoms with Crippen LogP contribution in [0.5, 0.6) is 0 Å². The fourth-order valence-electron chi connectivity index (χ4n) is 3.09. The summed E-state index contributed by atoms with van der Waals surface area (Å²) in [6.45, 7) is 4.08. The minimum Gasteiger partial charge on any atom is -0.355 e. The van der Waals surface area contributed by atoms with Crippen molar-refractivity contribution >= 4 is 29.6 Å². The molecule has 1 fully saturated rings. The van der Waals surface area contributed by atoms with E-state index < -0.39 is 0 Å². The van der Waals surface area contributed by atoms with Crippen molar-refractivity contribution in [3.8, 4) is 11.4 Å². The Bertz CT molecular complexity index is 952. The molecule has 142 valence electrons. The predicted octanol–water partition coefficient (Wildman–Crippen LogP) is 4.45. The molecule has 1 aliphatic heterocycles. The zero-order chi connectivity index (χ0) is 19.2. The van der Waals surface area contributed by atoms with Gasteiger partial charge in [-0.3, -0.25) is 5.43 Å². The molecule has 3 aromatic rings. The number of anilines is 2. The van der Waals surface area contributed by atoms with Gasteiger partial charge in [0.05, 0.1) is 6.21 Å². The Balaban J connectivity index is 1.61. The molecule has 0 aliphatic carbocycles. The second-order valence-corrected chi connectivity index (χ2v) is 7.91. The first kappa shape index (κ1) is 18.5. The SMILES string of the molecule is Cc1cccc(C=NNc2cc(N3CCSCC3)nc(-c3ccccc3)n2)c1. The summed E-state index contributed by atoms with van der Waals surface area (Å²) in [5.41, 5.74) is 6.35. The van der Waals surface area contributed by atoms with Gasteiger partial charge in [-0.15, -0.1) is 0 Å². The largest absolute Gasteiger partial charge is 0.355 e. The third-order valence-corrected chi connectivity index (χ3v) is 5.46. The van der Waals surface area contributed by atoms with Crippen LogP contribution in [-0.4, -0.2) is 40.8 Å². The van der Waals surface area contributed by atoms with Gasteiger partial charge in [-0.2, -0.15) is 16.9 Å². The second-order valence-electron chi connectivity index (χ2n) is 6.68. The molecule has 1 aliphatic rings. The quantitative estimate of drug-likeness (QED) is 0.516. The molecule has 0 spiro atoms. The standard InChI is InChI=1S/C22H23N5S/c1-17-6-5-7-18(14-17)16-23-26-20-15-21(27-10-12-28-13-11-27)25-22(24-20)19-8-3-2-4-9-19/h2-9,14-16H,10-13H2,1H3,(H,24,25,26). The van der Waals surface area contributed by atoms with Crippen molar-refractivity contribution in [1.82, 2.24) is 9.97 Å². The second kappa shape index (κ2) is 8.89. The third-order valence-electron chi connectivity index (χ3n) is 4.51. The Morgan fingerprint density at radius 1 is 1.00 bits per heavy atom. The van der Waals surface area contributed by atoms with Gasteiger partial charge >= 0.3 is 0 Å². The highest BCUT2D eigenvalue weighted by Gasteiger charge is 2.15. The van der Waals surface area contributed by atoms with E-state index in [1.54, 1.807) is 0 Å². The van der Waals surface area contributed by atoms with Crippen LogP contribution in [0.25, 0.3) is 11.4 Å². The molecule has 0 radical (unpaired) electrons. The fraction of sp³-hybridized carbons (Fsp3) is 0.227. The van der Waals surface area contributed by atoms with Crippen molar-refractivity contribution in [2.75, 3.05) is 34.9 Å². The Morgan fingerprint density at radius 3 is 2.61 bits per heavy atom. The topological polar surface area (TPSA) is 53.4 Å². The normalized spacial score (nSPS) is 14.4. The number of rotatable bonds is 5. The van der Waals surface area contributed by atoms with Crippen LogP contribution in [0.2, 0.25) is 0 Å². The van der Waals surface area contributed by atoms with Gasteiger partial charge in [0, 0.05) is 36.2 Å². The van der Waals surface area contributed by atoms with E-state index in [1.807, 2.05) is 66.5 Å². The number of benzene rings is 2. The van der Waals surface area contributed by atoms with Crippen molar-refractivity contribution in [3.05, 3.63) is 71.8 Å². The molecule has 0 amide bonds. The van der Waals surface area contributed by atoms with Gasteiger partial charge in [-0.05, 0) is 12.5 Å². The van der Waals surface area contributed by atoms with Crippen molar-refractivity contribution in [2.24, 2.45) is 5.10 Å². The van der Waals surface area contributed by atoms with E-state index >= 15 is 0 Å². The molecule has 1 N–H and O–H groups in total. The summed E-state index contributed by atoms with van der Waals surface area (Å²) in [4.78, 5) is 11.8. The highest BCUT2D eigenvalue weighted by molar-refractivity contribution is 7.99. The lowest BCUT2D eigenvalue weighted by Gasteiger charge is -2.27. The molecule has 0 unspecified atom stereocenters. The summed E-state index contributed by atoms with van der Waals surface area (Å²) >= 11 is 1.99. The van der Waals surface area contributed by atoms with Crippen molar-refractivity contribution in [3.63, 3.8) is 0 Å². The van der Waals surface area contributed by atoms with Crippen LogP contribution in [0.15, 0.2) is 65.8 Å². The molecular formula is C22H23N5S. The average molecular weight is 390 g/mol. The zero-order valence-electron chi connectivity index (χ0n) is 15.9. The molecule has 2 heterocycles. The number of hydrogen-bond donors (Lipinski definition) is 1. The summed E-state index contributed by atoms with van der Waals surface area (Å²) in [6.07, 6.45) is 1.81. The van der Waals surface area contributed by atoms with Gasteiger partial charge in [0.2, 0.25) is 0 Å². The maximum Gasteiger partial charge on any atom is 0.163 e. The molecule has 2 aromatic carbocycles. The minimum atomic E-state index is 0.700. The van der Waals surface area contributed by atoms with E-state index in [0.29, 0.717) is 11.6 Å². The van der Waals surface area contributed by atoms with E-state index in [0.717, 1.165) is 41.5 Å². The van der Waals surface area contributed by atoms with Crippen LogP contribution in [0.4, 0.5) is 11.6 Å². The van der Waals surface area contributed by atoms with Gasteiger partial charge in [-0.1, -0.05) is 60.2 Å². The summed E-state index contributed by atoms with van der Waals surface area (Å²) in [6, 6.07) is 20.3. The van der Waals surface area contributed by atoms with E-state index in [1.165, 1.54) is 5.56 Å². The van der Waals surface area contributed by atoms with Crippen LogP contribution in [0.1, 0.15) is 11.1 Å². The Morgan fingerprint density at radius 2 is 1.82 bits per heavy atom. The van der Waals surface area contributed by atoms with Gasteiger partial charge in [0.1, 0.15) is 5.82 Å². The van der Waals surface area contributed by atoms with Crippen molar-refractivity contribution in [1.29, 1.82) is 0 Å². The number of hydrogen-bond acceptors (Lipinski definition) is 6. The van der Waals surface area contributed by atoms with E-state index in [2.05, 4.69) is 39.5 Å². The lowest BCUT2D eigenvalue weighted by atomic mass is 10.2. The monoisotopic (exact) mass is 389 g/mol. The zero-order valence-corrected chi connectivity index (χ0v) is 16.7. The lowest BCUT2D eigenvalue weighted by Crippen LogP contribution is -2.33. The first-order chi connectivity index (χ1) is 13.8. The number of hydrazone groups is 1. The van der Waals surface area contributed by atoms with E-state index in [9.17, 15) is 0 Å². The van der Waals surface area contributed by atoms with E-state index in [4.69, 9.17) is 4.98 Å². The van der Waals surface area contributed by atoms with Crippen LogP contribution < -0.4 is 10.3 Å². The fourth-order valence-corrected chi connectivity index (χ4v) is 3.99. The molecular weight excluding hydrogens is 366 g/mol. The number of nitrogens with one attached hydrogen (secondary N) is 1. The van der Waals surface area contributed by atoms with Gasteiger partial charge in [0.25, 0.3) is 0 Å². The maximum absolute atomic E-state index is 4.82. The number of aryl methyl sites for hydroxylation is 1. The van der Waals surface area contributed by atoms with Crippen LogP contribution in [0, 0.1) is 6.92 Å². The van der Waals surface area contributed by atoms with Gasteiger partial charge < -0.3 is 4.90 Å². The molecule has 1 saturated heterocycles. The average Bonchev–Trinajstić information content (AvgIpc) is 2.75. The highest BCUT2D eigenvalue weighted by atomic mass is 32.2. The van der Waals surface area contributed by atoms with Crippen molar-refractivity contribution in [2.45, 2.75) is 6.92 Å². The summed E-state index contributed by atoms with van der Waals surface area (Å²) in [7, 11) is 0. The first-order valence-corrected chi connectivity index (χ1v) is 10.6. The Labute approximate surface area is 169 Å². The van der Waals surface area contributed by atoms with Crippen LogP contribution in [-0.2, 0) is 0 Å². The Hall–Kier alpha value is -2.86. The molecule has 1 aromatic heterocycles. The lowest BCUT2D eigenvalue weighted by molar-refractivity contribution is 0.836. The minimum absolute atomic E-state index is 0.700. The first-order valence-electron chi connectivity index (χ1n) is 9.41. The van der Waals surface area contributed by atoms with Crippen LogP contribution in [0.3, 0.4) is 0 Å². The number of aromatic nitrogens is 2. The summed E-state index contributed by atoms with van der Waals surface area (Å²) in [5, 5.41) is 4.39. The van der Waals surface area contributed by atoms with Gasteiger partial charge in [0.15, 0.2) is 11.6 Å². The molecule has 0 atom stereocenters. The molecule has 6 heteroatoms. The van der Waals surface area contributed by atoms with Gasteiger partial charge in [-0.25, -0.2) is 9.97 Å². The highest BCUT2D eigenvalue weighted by Crippen LogP contribution is 2.24. The third kappa shape index (κ3) is 4.70. The maximum atomic E-state index is 4.82. The summed E-state index contributed by atoms with van der Waals surface area (Å²) in [5.74, 6) is 4.61. The predicted molar refractivity (Wildman–Crippen MR) is 119 cm³/mol. The number of nitrogens with zero attached hydrogens (tertiary/aromatic N) is 4. The molecule has 5 nitrogen and oxygen atoms in total. The van der Waals surface area contributed by atoms with Crippen molar-refractivity contribution < 1.29 is 0 Å². The molecule has 0 bridgehead atoms. The van der Waals surface area contributed by atoms with E-state index in [-0.39, 0.29) is 0 Å². The number of thioether (sulfide) groups is 1.